The zero-order valence-electron chi connectivity index (χ0n) is 22.6. The molecule has 0 bridgehead atoms. The van der Waals surface area contributed by atoms with Gasteiger partial charge in [-0.15, -0.1) is 6.42 Å². The van der Waals surface area contributed by atoms with Crippen molar-refractivity contribution in [3.05, 3.63) is 39.7 Å². The molecule has 0 spiro atoms. The number of nitrogens with two attached hydrogens (primary N) is 1. The van der Waals surface area contributed by atoms with Crippen LogP contribution in [0.5, 0.6) is 5.75 Å². The second-order valence-corrected chi connectivity index (χ2v) is 11.0. The molecule has 11 heteroatoms. The van der Waals surface area contributed by atoms with Gasteiger partial charge in [-0.05, 0) is 51.5 Å². The molecule has 0 heterocycles. The van der Waals surface area contributed by atoms with Crippen LogP contribution in [0.15, 0.2) is 23.0 Å². The van der Waals surface area contributed by atoms with E-state index in [-0.39, 0.29) is 36.3 Å². The molecule has 1 aromatic carbocycles. The summed E-state index contributed by atoms with van der Waals surface area (Å²) in [6.45, 7) is 0.573. The van der Waals surface area contributed by atoms with Crippen LogP contribution in [0.2, 0.25) is 0 Å². The van der Waals surface area contributed by atoms with Gasteiger partial charge < -0.3 is 31.1 Å². The van der Waals surface area contributed by atoms with Crippen LogP contribution < -0.4 is 10.6 Å². The van der Waals surface area contributed by atoms with E-state index in [9.17, 15) is 34.8 Å². The Morgan fingerprint density at radius 1 is 1.18 bits per heavy atom. The Morgan fingerprint density at radius 3 is 2.36 bits per heavy atom. The third-order valence-electron chi connectivity index (χ3n) is 8.06. The van der Waals surface area contributed by atoms with Crippen molar-refractivity contribution in [2.45, 2.75) is 31.0 Å². The first kappa shape index (κ1) is 28.2. The van der Waals surface area contributed by atoms with Crippen molar-refractivity contribution in [2.75, 3.05) is 46.7 Å². The minimum Gasteiger partial charge on any atom is -0.508 e. The highest BCUT2D eigenvalue weighted by Crippen LogP contribution is 2.54. The van der Waals surface area contributed by atoms with Gasteiger partial charge in [0.15, 0.2) is 11.4 Å². The number of ketones is 2. The fourth-order valence-electron chi connectivity index (χ4n) is 6.37. The van der Waals surface area contributed by atoms with Crippen LogP contribution >= 0.6 is 0 Å². The molecule has 3 aliphatic carbocycles. The summed E-state index contributed by atoms with van der Waals surface area (Å²) in [5.41, 5.74) is 3.52. The number of hydrogen-bond acceptors (Lipinski definition) is 10. The van der Waals surface area contributed by atoms with E-state index in [2.05, 4.69) is 5.92 Å². The lowest BCUT2D eigenvalue weighted by atomic mass is 9.57. The smallest absolute Gasteiger partial charge is 0.255 e. The van der Waals surface area contributed by atoms with E-state index >= 15 is 0 Å². The lowest BCUT2D eigenvalue weighted by Crippen LogP contribution is -2.65. The number of hydrogen-bond donors (Lipinski definition) is 5. The maximum atomic E-state index is 14.0. The summed E-state index contributed by atoms with van der Waals surface area (Å²) < 4.78 is 0. The van der Waals surface area contributed by atoms with E-state index < -0.39 is 58.0 Å². The van der Waals surface area contributed by atoms with Gasteiger partial charge in [0.2, 0.25) is 5.78 Å². The molecule has 0 aliphatic heterocycles. The number of anilines is 1. The Morgan fingerprint density at radius 2 is 1.82 bits per heavy atom. The molecule has 1 saturated carbocycles. The Balaban J connectivity index is 1.97. The van der Waals surface area contributed by atoms with Gasteiger partial charge >= 0.3 is 0 Å². The van der Waals surface area contributed by atoms with Gasteiger partial charge in [-0.2, -0.15) is 0 Å². The van der Waals surface area contributed by atoms with E-state index in [1.165, 1.54) is 4.90 Å². The number of likely N-dealkylation sites (N-methyl/N-ethyl adjacent to an activating group) is 1. The van der Waals surface area contributed by atoms with E-state index in [4.69, 9.17) is 12.2 Å². The highest BCUT2D eigenvalue weighted by atomic mass is 16.3. The molecular formula is C28H34N4O7. The first-order chi connectivity index (χ1) is 18.2. The van der Waals surface area contributed by atoms with Gasteiger partial charge in [-0.3, -0.25) is 24.2 Å². The van der Waals surface area contributed by atoms with Crippen molar-refractivity contribution in [1.29, 1.82) is 0 Å². The molecule has 1 amide bonds. The molecule has 3 aliphatic rings. The van der Waals surface area contributed by atoms with Gasteiger partial charge in [-0.1, -0.05) is 5.92 Å². The number of phenolic OH excluding ortho intramolecular Hbond substituents is 1. The predicted octanol–water partition coefficient (Wildman–Crippen LogP) is 0.0950. The summed E-state index contributed by atoms with van der Waals surface area (Å²) in [7, 11) is 8.54. The summed E-state index contributed by atoms with van der Waals surface area (Å²) in [5.74, 6) is -4.18. The molecule has 4 rings (SSSR count). The van der Waals surface area contributed by atoms with Crippen LogP contribution in [0.3, 0.4) is 0 Å². The number of rotatable bonds is 6. The SMILES string of the molecule is C#CCN(C)Cc1cc(N(C)C)c2c(c1O)C(O)=C1C(=O)[C@]3(O)C(O)=C(C(N)=O)C(=O)[C@@H](N(C)C)[C@@H]3C[C@@H]1C2. The molecule has 0 radical (unpaired) electrons. The maximum Gasteiger partial charge on any atom is 0.255 e. The van der Waals surface area contributed by atoms with Crippen LogP contribution in [-0.2, 0) is 27.3 Å². The highest BCUT2D eigenvalue weighted by Gasteiger charge is 2.64. The number of nitrogens with zero attached hydrogens (tertiary/aromatic N) is 3. The zero-order chi connectivity index (χ0) is 29.1. The number of carbonyl (C=O) groups is 3. The van der Waals surface area contributed by atoms with Crippen molar-refractivity contribution >= 4 is 28.9 Å². The van der Waals surface area contributed by atoms with E-state index in [0.29, 0.717) is 23.4 Å². The van der Waals surface area contributed by atoms with Crippen LogP contribution in [0.25, 0.3) is 5.76 Å². The van der Waals surface area contributed by atoms with Gasteiger partial charge in [-0.25, -0.2) is 0 Å². The van der Waals surface area contributed by atoms with Crippen LogP contribution in [0, 0.1) is 24.2 Å². The lowest BCUT2D eigenvalue weighted by Gasteiger charge is -2.50. The number of Topliss-reactive ketones (excluding diaryl/α,β-unsaturated/α-hetero) is 2. The number of fused-ring (bicyclic) bond motifs is 3. The molecule has 208 valence electrons. The first-order valence-corrected chi connectivity index (χ1v) is 12.5. The average Bonchev–Trinajstić information content (AvgIpc) is 2.82. The molecule has 11 nitrogen and oxygen atoms in total. The quantitative estimate of drug-likeness (QED) is 0.247. The van der Waals surface area contributed by atoms with Gasteiger partial charge in [0.1, 0.15) is 22.8 Å². The Labute approximate surface area is 226 Å². The largest absolute Gasteiger partial charge is 0.508 e. The molecule has 39 heavy (non-hydrogen) atoms. The minimum absolute atomic E-state index is 0.0338. The normalized spacial score (nSPS) is 26.4. The van der Waals surface area contributed by atoms with Crippen LogP contribution in [0.1, 0.15) is 23.1 Å². The molecule has 0 saturated heterocycles. The van der Waals surface area contributed by atoms with Gasteiger partial charge in [0.05, 0.1) is 18.2 Å². The standard InChI is InChI=1S/C28H34N4O7/c1-7-8-32(6)12-14-11-17(30(2)3)15-9-13-10-16-21(31(4)5)24(35)20(27(29)38)26(37)28(16,39)25(36)18(13)23(34)19(15)22(14)33/h1,11,13,16,21,33-34,37,39H,8-10,12H2,2-6H3,(H2,29,38)/t13-,16-,21-,28-/m0/s1. The lowest BCUT2D eigenvalue weighted by molar-refractivity contribution is -0.153. The van der Waals surface area contributed by atoms with Crippen molar-refractivity contribution in [2.24, 2.45) is 17.6 Å². The second-order valence-electron chi connectivity index (χ2n) is 11.0. The van der Waals surface area contributed by atoms with Gasteiger partial charge in [0, 0.05) is 43.4 Å². The minimum atomic E-state index is -2.67. The van der Waals surface area contributed by atoms with Crippen molar-refractivity contribution in [1.82, 2.24) is 9.80 Å². The number of amides is 1. The number of aliphatic hydroxyl groups is 3. The predicted molar refractivity (Wildman–Crippen MR) is 144 cm³/mol. The first-order valence-electron chi connectivity index (χ1n) is 12.5. The summed E-state index contributed by atoms with van der Waals surface area (Å²) in [6, 6.07) is 0.680. The summed E-state index contributed by atoms with van der Waals surface area (Å²) in [6.07, 6.45) is 5.67. The summed E-state index contributed by atoms with van der Waals surface area (Å²) in [4.78, 5) is 44.4. The van der Waals surface area contributed by atoms with Crippen LogP contribution in [-0.4, -0.2) is 101 Å². The number of primary amides is 1. The molecule has 1 fully saturated rings. The van der Waals surface area contributed by atoms with E-state index in [1.807, 2.05) is 19.0 Å². The fourth-order valence-corrected chi connectivity index (χ4v) is 6.37. The zero-order valence-corrected chi connectivity index (χ0v) is 22.6. The van der Waals surface area contributed by atoms with Crippen molar-refractivity contribution in [3.8, 4) is 18.1 Å². The molecule has 4 atom stereocenters. The number of aromatic hydroxyl groups is 1. The number of terminal acetylenes is 1. The average molecular weight is 539 g/mol. The molecule has 6 N–H and O–H groups in total. The molecular weight excluding hydrogens is 504 g/mol. The molecule has 0 aromatic heterocycles. The number of phenols is 1. The monoisotopic (exact) mass is 538 g/mol. The third kappa shape index (κ3) is 4.07. The fraction of sp³-hybridized carbons (Fsp3) is 0.464. The van der Waals surface area contributed by atoms with Crippen molar-refractivity contribution < 1.29 is 34.8 Å². The second kappa shape index (κ2) is 9.72. The number of benzene rings is 1. The van der Waals surface area contributed by atoms with Crippen molar-refractivity contribution in [3.63, 3.8) is 0 Å². The summed E-state index contributed by atoms with van der Waals surface area (Å²) in [5, 5.41) is 45.5. The summed E-state index contributed by atoms with van der Waals surface area (Å²) >= 11 is 0. The Kier molecular flexibility index (Phi) is 7.02. The number of carbonyl (C=O) groups excluding carboxylic acids is 3. The van der Waals surface area contributed by atoms with Gasteiger partial charge in [0.25, 0.3) is 5.91 Å². The molecule has 1 aromatic rings. The highest BCUT2D eigenvalue weighted by molar-refractivity contribution is 6.24. The van der Waals surface area contributed by atoms with Crippen LogP contribution in [0.4, 0.5) is 5.69 Å². The van der Waals surface area contributed by atoms with E-state index in [1.54, 1.807) is 32.1 Å². The third-order valence-corrected chi connectivity index (χ3v) is 8.06. The molecule has 0 unspecified atom stereocenters. The van der Waals surface area contributed by atoms with E-state index in [0.717, 1.165) is 0 Å². The number of aliphatic hydroxyl groups excluding tert-OH is 2. The Bertz CT molecular complexity index is 1390. The Hall–Kier alpha value is -3.85. The maximum absolute atomic E-state index is 14.0. The topological polar surface area (TPSA) is 168 Å².